The number of carbonyl (C=O) groups excluding carboxylic acids is 1. The summed E-state index contributed by atoms with van der Waals surface area (Å²) in [5, 5.41) is 0. The third-order valence-electron chi connectivity index (χ3n) is 2.08. The molecule has 0 rings (SSSR count). The van der Waals surface area contributed by atoms with Gasteiger partial charge in [-0.2, -0.15) is 0 Å². The molecular weight excluding hydrogens is 212 g/mol. The molecule has 3 nitrogen and oxygen atoms in total. The molecule has 0 atom stereocenters. The van der Waals surface area contributed by atoms with Crippen LogP contribution in [0, 0.1) is 5.41 Å². The third kappa shape index (κ3) is 8.60. The van der Waals surface area contributed by atoms with E-state index in [1.54, 1.807) is 6.92 Å². The lowest BCUT2D eigenvalue weighted by molar-refractivity contribution is -0.120. The molecule has 0 N–H and O–H groups in total. The van der Waals surface area contributed by atoms with Crippen molar-refractivity contribution in [1.82, 2.24) is 0 Å². The number of hydrogen-bond donors (Lipinski definition) is 0. The zero-order chi connectivity index (χ0) is 12.1. The molecule has 0 aliphatic carbocycles. The molecule has 0 aromatic carbocycles. The summed E-state index contributed by atoms with van der Waals surface area (Å²) in [4.78, 5) is 11.4. The van der Waals surface area contributed by atoms with Gasteiger partial charge in [-0.05, 0) is 11.8 Å². The standard InChI is InChI=1S/C11H22O3S/c1-5-15(13,14)8-6-7-10(12)9-11(2,3)4/h5-9H2,1-4H3. The largest absolute Gasteiger partial charge is 0.300 e. The molecule has 15 heavy (non-hydrogen) atoms. The van der Waals surface area contributed by atoms with Crippen molar-refractivity contribution < 1.29 is 13.2 Å². The monoisotopic (exact) mass is 234 g/mol. The first-order valence-corrected chi connectivity index (χ1v) is 7.20. The van der Waals surface area contributed by atoms with Gasteiger partial charge in [-0.3, -0.25) is 4.79 Å². The van der Waals surface area contributed by atoms with Crippen molar-refractivity contribution in [2.24, 2.45) is 5.41 Å². The highest BCUT2D eigenvalue weighted by Gasteiger charge is 2.16. The number of Topliss-reactive ketones (excluding diaryl/α,β-unsaturated/α-hetero) is 1. The lowest BCUT2D eigenvalue weighted by atomic mass is 9.89. The van der Waals surface area contributed by atoms with Crippen LogP contribution in [-0.4, -0.2) is 25.7 Å². The van der Waals surface area contributed by atoms with Crippen molar-refractivity contribution in [2.75, 3.05) is 11.5 Å². The van der Waals surface area contributed by atoms with E-state index in [1.807, 2.05) is 20.8 Å². The predicted molar refractivity (Wildman–Crippen MR) is 62.6 cm³/mol. The third-order valence-corrected chi connectivity index (χ3v) is 3.87. The normalized spacial score (nSPS) is 12.8. The zero-order valence-corrected chi connectivity index (χ0v) is 11.0. The van der Waals surface area contributed by atoms with E-state index in [4.69, 9.17) is 0 Å². The molecule has 0 saturated heterocycles. The second-order valence-electron chi connectivity index (χ2n) is 5.12. The fourth-order valence-electron chi connectivity index (χ4n) is 1.31. The van der Waals surface area contributed by atoms with Gasteiger partial charge in [0, 0.05) is 18.6 Å². The highest BCUT2D eigenvalue weighted by Crippen LogP contribution is 2.20. The Balaban J connectivity index is 3.84. The fraction of sp³-hybridized carbons (Fsp3) is 0.909. The van der Waals surface area contributed by atoms with E-state index >= 15 is 0 Å². The lowest BCUT2D eigenvalue weighted by Crippen LogP contribution is -2.15. The Labute approximate surface area is 93.2 Å². The van der Waals surface area contributed by atoms with Gasteiger partial charge in [-0.25, -0.2) is 8.42 Å². The quantitative estimate of drug-likeness (QED) is 0.708. The Kier molecular flexibility index (Phi) is 5.49. The molecule has 90 valence electrons. The number of sulfone groups is 1. The second kappa shape index (κ2) is 5.64. The van der Waals surface area contributed by atoms with Crippen molar-refractivity contribution in [3.05, 3.63) is 0 Å². The summed E-state index contributed by atoms with van der Waals surface area (Å²) in [6.45, 7) is 7.65. The first-order valence-electron chi connectivity index (χ1n) is 5.38. The molecule has 0 aliphatic heterocycles. The highest BCUT2D eigenvalue weighted by molar-refractivity contribution is 7.91. The highest BCUT2D eigenvalue weighted by atomic mass is 32.2. The van der Waals surface area contributed by atoms with E-state index in [9.17, 15) is 13.2 Å². The molecule has 4 heteroatoms. The van der Waals surface area contributed by atoms with Crippen LogP contribution in [0.1, 0.15) is 47.0 Å². The first-order chi connectivity index (χ1) is 6.66. The van der Waals surface area contributed by atoms with Crippen molar-refractivity contribution >= 4 is 15.6 Å². The van der Waals surface area contributed by atoms with Crippen molar-refractivity contribution in [3.63, 3.8) is 0 Å². The summed E-state index contributed by atoms with van der Waals surface area (Å²) in [6, 6.07) is 0. The molecule has 0 aromatic rings. The van der Waals surface area contributed by atoms with Crippen LogP contribution in [-0.2, 0) is 14.6 Å². The molecule has 0 aromatic heterocycles. The van der Waals surface area contributed by atoms with E-state index in [-0.39, 0.29) is 22.7 Å². The minimum Gasteiger partial charge on any atom is -0.300 e. The van der Waals surface area contributed by atoms with Crippen molar-refractivity contribution in [2.45, 2.75) is 47.0 Å². The molecule has 0 heterocycles. The Morgan fingerprint density at radius 1 is 1.20 bits per heavy atom. The van der Waals surface area contributed by atoms with Crippen LogP contribution in [0.5, 0.6) is 0 Å². The van der Waals surface area contributed by atoms with Crippen molar-refractivity contribution in [3.8, 4) is 0 Å². The van der Waals surface area contributed by atoms with Crippen LogP contribution in [0.15, 0.2) is 0 Å². The fourth-order valence-corrected chi connectivity index (χ4v) is 2.19. The molecule has 0 aliphatic rings. The van der Waals surface area contributed by atoms with Crippen molar-refractivity contribution in [1.29, 1.82) is 0 Å². The molecular formula is C11H22O3S. The lowest BCUT2D eigenvalue weighted by Gasteiger charge is -2.16. The Morgan fingerprint density at radius 3 is 2.13 bits per heavy atom. The van der Waals surface area contributed by atoms with Gasteiger partial charge in [0.25, 0.3) is 0 Å². The van der Waals surface area contributed by atoms with Crippen LogP contribution < -0.4 is 0 Å². The summed E-state index contributed by atoms with van der Waals surface area (Å²) in [5.41, 5.74) is 0.000709. The number of hydrogen-bond acceptors (Lipinski definition) is 3. The maximum absolute atomic E-state index is 11.4. The summed E-state index contributed by atoms with van der Waals surface area (Å²) >= 11 is 0. The second-order valence-corrected chi connectivity index (χ2v) is 7.59. The molecule has 0 unspecified atom stereocenters. The van der Waals surface area contributed by atoms with Crippen LogP contribution in [0.2, 0.25) is 0 Å². The zero-order valence-electron chi connectivity index (χ0n) is 10.2. The SMILES string of the molecule is CCS(=O)(=O)CCCC(=O)CC(C)(C)C. The number of carbonyl (C=O) groups is 1. The van der Waals surface area contributed by atoms with Gasteiger partial charge in [0.2, 0.25) is 0 Å². The topological polar surface area (TPSA) is 51.2 Å². The molecule has 0 fully saturated rings. The smallest absolute Gasteiger partial charge is 0.150 e. The van der Waals surface area contributed by atoms with Gasteiger partial charge in [-0.1, -0.05) is 27.7 Å². The van der Waals surface area contributed by atoms with Gasteiger partial charge < -0.3 is 0 Å². The molecule has 0 bridgehead atoms. The van der Waals surface area contributed by atoms with Gasteiger partial charge in [0.05, 0.1) is 5.75 Å². The van der Waals surface area contributed by atoms with Crippen LogP contribution in [0.4, 0.5) is 0 Å². The summed E-state index contributed by atoms with van der Waals surface area (Å²) in [5.74, 6) is 0.466. The average molecular weight is 234 g/mol. The minimum absolute atomic E-state index is 0.000709. The molecule has 0 amide bonds. The van der Waals surface area contributed by atoms with E-state index < -0.39 is 9.84 Å². The summed E-state index contributed by atoms with van der Waals surface area (Å²) < 4.78 is 22.3. The average Bonchev–Trinajstić information content (AvgIpc) is 2.00. The Hall–Kier alpha value is -0.380. The number of ketones is 1. The molecule has 0 saturated carbocycles. The van der Waals surface area contributed by atoms with E-state index in [2.05, 4.69) is 0 Å². The number of rotatable bonds is 6. The Bertz CT molecular complexity index is 296. The van der Waals surface area contributed by atoms with E-state index in [1.165, 1.54) is 0 Å². The van der Waals surface area contributed by atoms with Gasteiger partial charge in [0.1, 0.15) is 15.6 Å². The maximum atomic E-state index is 11.4. The van der Waals surface area contributed by atoms with Gasteiger partial charge in [0.15, 0.2) is 0 Å². The van der Waals surface area contributed by atoms with Gasteiger partial charge in [-0.15, -0.1) is 0 Å². The first kappa shape index (κ1) is 14.6. The molecule has 0 radical (unpaired) electrons. The molecule has 0 spiro atoms. The maximum Gasteiger partial charge on any atom is 0.150 e. The predicted octanol–water partition coefficient (Wildman–Crippen LogP) is 2.21. The van der Waals surface area contributed by atoms with E-state index in [0.717, 1.165) is 0 Å². The van der Waals surface area contributed by atoms with Crippen LogP contribution in [0.25, 0.3) is 0 Å². The van der Waals surface area contributed by atoms with Crippen LogP contribution in [0.3, 0.4) is 0 Å². The summed E-state index contributed by atoms with van der Waals surface area (Å²) in [6.07, 6.45) is 1.38. The van der Waals surface area contributed by atoms with E-state index in [0.29, 0.717) is 19.3 Å². The van der Waals surface area contributed by atoms with Gasteiger partial charge >= 0.3 is 0 Å². The van der Waals surface area contributed by atoms with Crippen LogP contribution >= 0.6 is 0 Å². The Morgan fingerprint density at radius 2 is 1.73 bits per heavy atom. The minimum atomic E-state index is -2.91. The summed E-state index contributed by atoms with van der Waals surface area (Å²) in [7, 11) is -2.91.